The maximum absolute atomic E-state index is 11.5. The Hall–Kier alpha value is -2.43. The molecule has 0 aliphatic heterocycles. The van der Waals surface area contributed by atoms with Crippen molar-refractivity contribution in [2.75, 3.05) is 7.11 Å². The van der Waals surface area contributed by atoms with E-state index in [9.17, 15) is 4.79 Å². The predicted octanol–water partition coefficient (Wildman–Crippen LogP) is 1.56. The summed E-state index contributed by atoms with van der Waals surface area (Å²) >= 11 is 0. The smallest absolute Gasteiger partial charge is 0.268 e. The minimum absolute atomic E-state index is 0.186. The molecule has 2 heterocycles. The molecule has 92 valence electrons. The number of ether oxygens (including phenoxy) is 1. The lowest BCUT2D eigenvalue weighted by atomic mass is 10.0. The van der Waals surface area contributed by atoms with Gasteiger partial charge in [-0.15, -0.1) is 0 Å². The molecule has 5 heteroatoms. The molecule has 18 heavy (non-hydrogen) atoms. The number of methoxy groups -OCH3 is 1. The Labute approximate surface area is 105 Å². The first-order valence-corrected chi connectivity index (χ1v) is 5.40. The largest absolute Gasteiger partial charge is 0.496 e. The Morgan fingerprint density at radius 2 is 2.06 bits per heavy atom. The predicted molar refractivity (Wildman–Crippen MR) is 67.3 cm³/mol. The van der Waals surface area contributed by atoms with E-state index >= 15 is 0 Å². The second-order valence-electron chi connectivity index (χ2n) is 3.74. The van der Waals surface area contributed by atoms with Gasteiger partial charge < -0.3 is 10.5 Å². The molecule has 0 aromatic carbocycles. The minimum Gasteiger partial charge on any atom is -0.496 e. The third-order valence-electron chi connectivity index (χ3n) is 2.64. The van der Waals surface area contributed by atoms with Gasteiger partial charge in [-0.25, -0.2) is 0 Å². The van der Waals surface area contributed by atoms with Gasteiger partial charge in [-0.05, 0) is 19.1 Å². The van der Waals surface area contributed by atoms with E-state index in [2.05, 4.69) is 9.97 Å². The van der Waals surface area contributed by atoms with E-state index in [4.69, 9.17) is 10.5 Å². The normalized spacial score (nSPS) is 10.1. The summed E-state index contributed by atoms with van der Waals surface area (Å²) in [4.78, 5) is 19.7. The van der Waals surface area contributed by atoms with Crippen LogP contribution >= 0.6 is 0 Å². The van der Waals surface area contributed by atoms with E-state index < -0.39 is 5.91 Å². The fraction of sp³-hybridized carbons (Fsp3) is 0.154. The summed E-state index contributed by atoms with van der Waals surface area (Å²) in [6, 6.07) is 5.34. The first-order valence-electron chi connectivity index (χ1n) is 5.40. The highest BCUT2D eigenvalue weighted by atomic mass is 16.5. The van der Waals surface area contributed by atoms with E-state index in [0.717, 1.165) is 11.3 Å². The van der Waals surface area contributed by atoms with E-state index in [1.165, 1.54) is 13.3 Å². The number of hydrogen-bond donors (Lipinski definition) is 1. The zero-order valence-electron chi connectivity index (χ0n) is 10.2. The fourth-order valence-corrected chi connectivity index (χ4v) is 1.81. The van der Waals surface area contributed by atoms with Crippen molar-refractivity contribution in [1.82, 2.24) is 9.97 Å². The van der Waals surface area contributed by atoms with Crippen LogP contribution in [-0.4, -0.2) is 23.0 Å². The zero-order chi connectivity index (χ0) is 13.1. The van der Waals surface area contributed by atoms with Crippen LogP contribution in [0.4, 0.5) is 0 Å². The number of carbonyl (C=O) groups is 1. The summed E-state index contributed by atoms with van der Waals surface area (Å²) in [5.41, 5.74) is 7.69. The number of aryl methyl sites for hydroxylation is 1. The van der Waals surface area contributed by atoms with Crippen molar-refractivity contribution in [2.45, 2.75) is 6.92 Å². The Balaban J connectivity index is 2.76. The second-order valence-corrected chi connectivity index (χ2v) is 3.74. The average molecular weight is 243 g/mol. The molecule has 0 radical (unpaired) electrons. The lowest BCUT2D eigenvalue weighted by molar-refractivity contribution is 0.0996. The standard InChI is InChI=1S/C13H13N3O2/c1-8-9(4-3-6-15-8)11-10(18-2)5-7-16-12(11)13(14)17/h3-7H,1-2H3,(H2,14,17). The molecule has 2 aromatic rings. The first-order chi connectivity index (χ1) is 8.65. The van der Waals surface area contributed by atoms with Crippen LogP contribution in [0.2, 0.25) is 0 Å². The van der Waals surface area contributed by atoms with Crippen LogP contribution < -0.4 is 10.5 Å². The van der Waals surface area contributed by atoms with Gasteiger partial charge in [0, 0.05) is 23.7 Å². The van der Waals surface area contributed by atoms with Gasteiger partial charge in [0.1, 0.15) is 11.4 Å². The Morgan fingerprint density at radius 1 is 1.28 bits per heavy atom. The number of rotatable bonds is 3. The third-order valence-corrected chi connectivity index (χ3v) is 2.64. The second kappa shape index (κ2) is 4.83. The Morgan fingerprint density at radius 3 is 2.67 bits per heavy atom. The first kappa shape index (κ1) is 12.0. The summed E-state index contributed by atoms with van der Waals surface area (Å²) in [6.45, 7) is 1.85. The molecule has 0 aliphatic carbocycles. The van der Waals surface area contributed by atoms with Crippen molar-refractivity contribution in [1.29, 1.82) is 0 Å². The van der Waals surface area contributed by atoms with E-state index in [-0.39, 0.29) is 5.69 Å². The minimum atomic E-state index is -0.591. The quantitative estimate of drug-likeness (QED) is 0.887. The van der Waals surface area contributed by atoms with Gasteiger partial charge in [0.15, 0.2) is 0 Å². The highest BCUT2D eigenvalue weighted by Crippen LogP contribution is 2.33. The average Bonchev–Trinajstić information content (AvgIpc) is 2.38. The van der Waals surface area contributed by atoms with Crippen LogP contribution in [0.3, 0.4) is 0 Å². The molecular weight excluding hydrogens is 230 g/mol. The Bertz CT molecular complexity index is 597. The van der Waals surface area contributed by atoms with E-state index in [0.29, 0.717) is 11.3 Å². The molecule has 2 aromatic heterocycles. The van der Waals surface area contributed by atoms with Crippen molar-refractivity contribution < 1.29 is 9.53 Å². The number of primary amides is 1. The van der Waals surface area contributed by atoms with Gasteiger partial charge in [-0.1, -0.05) is 6.07 Å². The van der Waals surface area contributed by atoms with Gasteiger partial charge in [0.05, 0.1) is 12.7 Å². The molecule has 0 aliphatic rings. The molecule has 0 saturated carbocycles. The van der Waals surface area contributed by atoms with Gasteiger partial charge >= 0.3 is 0 Å². The van der Waals surface area contributed by atoms with Gasteiger partial charge in [-0.2, -0.15) is 0 Å². The molecule has 5 nitrogen and oxygen atoms in total. The molecule has 0 spiro atoms. The summed E-state index contributed by atoms with van der Waals surface area (Å²) < 4.78 is 5.27. The highest BCUT2D eigenvalue weighted by Gasteiger charge is 2.18. The molecule has 0 bridgehead atoms. The SMILES string of the molecule is COc1ccnc(C(N)=O)c1-c1cccnc1C. The molecular formula is C13H13N3O2. The number of pyridine rings is 2. The van der Waals surface area contributed by atoms with Crippen molar-refractivity contribution in [3.05, 3.63) is 42.0 Å². The monoisotopic (exact) mass is 243 g/mol. The van der Waals surface area contributed by atoms with E-state index in [1.54, 1.807) is 18.3 Å². The summed E-state index contributed by atoms with van der Waals surface area (Å²) in [5.74, 6) is -0.0398. The molecule has 0 atom stereocenters. The van der Waals surface area contributed by atoms with Crippen molar-refractivity contribution in [2.24, 2.45) is 5.73 Å². The van der Waals surface area contributed by atoms with Crippen LogP contribution in [-0.2, 0) is 0 Å². The Kier molecular flexibility index (Phi) is 3.23. The zero-order valence-corrected chi connectivity index (χ0v) is 10.2. The molecule has 1 amide bonds. The summed E-state index contributed by atoms with van der Waals surface area (Å²) in [6.07, 6.45) is 3.18. The molecule has 0 unspecified atom stereocenters. The van der Waals surface area contributed by atoms with Gasteiger partial charge in [-0.3, -0.25) is 14.8 Å². The van der Waals surface area contributed by atoms with Crippen molar-refractivity contribution in [3.63, 3.8) is 0 Å². The van der Waals surface area contributed by atoms with E-state index in [1.807, 2.05) is 13.0 Å². The number of hydrogen-bond acceptors (Lipinski definition) is 4. The van der Waals surface area contributed by atoms with Crippen LogP contribution in [0, 0.1) is 6.92 Å². The number of carbonyl (C=O) groups excluding carboxylic acids is 1. The number of nitrogens with two attached hydrogens (primary N) is 1. The number of nitrogens with zero attached hydrogens (tertiary/aromatic N) is 2. The van der Waals surface area contributed by atoms with Crippen molar-refractivity contribution >= 4 is 5.91 Å². The fourth-order valence-electron chi connectivity index (χ4n) is 1.81. The van der Waals surface area contributed by atoms with Gasteiger partial charge in [0.2, 0.25) is 0 Å². The number of aromatic nitrogens is 2. The molecule has 0 fully saturated rings. The lowest BCUT2D eigenvalue weighted by Crippen LogP contribution is -2.15. The topological polar surface area (TPSA) is 78.1 Å². The number of amides is 1. The highest BCUT2D eigenvalue weighted by molar-refractivity contribution is 5.99. The molecule has 2 N–H and O–H groups in total. The maximum Gasteiger partial charge on any atom is 0.268 e. The van der Waals surface area contributed by atoms with Crippen LogP contribution in [0.25, 0.3) is 11.1 Å². The lowest BCUT2D eigenvalue weighted by Gasteiger charge is -2.12. The molecule has 2 rings (SSSR count). The van der Waals surface area contributed by atoms with Crippen LogP contribution in [0.1, 0.15) is 16.2 Å². The van der Waals surface area contributed by atoms with Crippen LogP contribution in [0.5, 0.6) is 5.75 Å². The summed E-state index contributed by atoms with van der Waals surface area (Å²) in [5, 5.41) is 0. The van der Waals surface area contributed by atoms with Gasteiger partial charge in [0.25, 0.3) is 5.91 Å². The summed E-state index contributed by atoms with van der Waals surface area (Å²) in [7, 11) is 1.54. The maximum atomic E-state index is 11.5. The molecule has 0 saturated heterocycles. The van der Waals surface area contributed by atoms with Crippen LogP contribution in [0.15, 0.2) is 30.6 Å². The van der Waals surface area contributed by atoms with Crippen molar-refractivity contribution in [3.8, 4) is 16.9 Å². The third kappa shape index (κ3) is 2.02.